The molecule has 0 aromatic heterocycles. The summed E-state index contributed by atoms with van der Waals surface area (Å²) in [5, 5.41) is 11.3. The van der Waals surface area contributed by atoms with Crippen LogP contribution in [-0.2, 0) is 33.3 Å². The molecule has 1 N–H and O–H groups in total. The fraction of sp³-hybridized carbons (Fsp3) is 0.912. The number of carbonyl (C=O) groups is 3. The fourth-order valence-corrected chi connectivity index (χ4v) is 7.35. The minimum absolute atomic E-state index is 0.0680. The zero-order valence-corrected chi connectivity index (χ0v) is 28.0. The van der Waals surface area contributed by atoms with E-state index in [0.29, 0.717) is 25.2 Å². The van der Waals surface area contributed by atoms with Crippen LogP contribution in [-0.4, -0.2) is 84.2 Å². The minimum atomic E-state index is -2.19. The molecule has 9 atom stereocenters. The van der Waals surface area contributed by atoms with E-state index in [1.165, 1.54) is 4.90 Å². The molecule has 1 amide bonds. The zero-order chi connectivity index (χ0) is 31.9. The van der Waals surface area contributed by atoms with Gasteiger partial charge in [0.2, 0.25) is 5.79 Å². The lowest BCUT2D eigenvalue weighted by molar-refractivity contribution is -0.269. The fourth-order valence-electron chi connectivity index (χ4n) is 7.35. The number of piperidine rings is 1. The lowest BCUT2D eigenvalue weighted by Crippen LogP contribution is -2.61. The predicted octanol–water partition coefficient (Wildman–Crippen LogP) is 5.30. The number of hydrogen-bond donors (Lipinski definition) is 1. The summed E-state index contributed by atoms with van der Waals surface area (Å²) in [6, 6.07) is -0.855. The van der Waals surface area contributed by atoms with Crippen LogP contribution in [0, 0.1) is 29.6 Å². The largest absolute Gasteiger partial charge is 0.460 e. The van der Waals surface area contributed by atoms with Gasteiger partial charge in [-0.15, -0.1) is 0 Å². The highest BCUT2D eigenvalue weighted by atomic mass is 16.6. The molecular weight excluding hydrogens is 550 g/mol. The Hall–Kier alpha value is -1.55. The number of ketones is 1. The first-order valence-electron chi connectivity index (χ1n) is 16.9. The monoisotopic (exact) mass is 609 g/mol. The van der Waals surface area contributed by atoms with E-state index >= 15 is 0 Å². The molecule has 2 aliphatic heterocycles. The number of aliphatic hydroxyl groups is 1. The Kier molecular flexibility index (Phi) is 13.5. The van der Waals surface area contributed by atoms with Gasteiger partial charge >= 0.3 is 5.97 Å². The van der Waals surface area contributed by atoms with Crippen LogP contribution in [0.5, 0.6) is 0 Å². The molecule has 9 heteroatoms. The maximum Gasteiger partial charge on any atom is 0.329 e. The zero-order valence-electron chi connectivity index (χ0n) is 28.0. The molecule has 2 heterocycles. The van der Waals surface area contributed by atoms with Crippen molar-refractivity contribution in [2.45, 2.75) is 149 Å². The second-order valence-corrected chi connectivity index (χ2v) is 14.1. The summed E-state index contributed by atoms with van der Waals surface area (Å²) in [7, 11) is 1.75. The second kappa shape index (κ2) is 16.1. The molecule has 3 aliphatic rings. The normalized spacial score (nSPS) is 33.3. The molecule has 0 aromatic carbocycles. The predicted molar refractivity (Wildman–Crippen MR) is 164 cm³/mol. The summed E-state index contributed by atoms with van der Waals surface area (Å²) in [4.78, 5) is 42.2. The van der Waals surface area contributed by atoms with Gasteiger partial charge in [0.1, 0.15) is 12.1 Å². The van der Waals surface area contributed by atoms with Crippen LogP contribution >= 0.6 is 0 Å². The van der Waals surface area contributed by atoms with Crippen molar-refractivity contribution >= 4 is 17.7 Å². The number of likely N-dealkylation sites (tertiary alicyclic amines) is 1. The molecule has 1 saturated carbocycles. The van der Waals surface area contributed by atoms with Crippen LogP contribution in [0.15, 0.2) is 0 Å². The Morgan fingerprint density at radius 2 is 1.72 bits per heavy atom. The number of Topliss-reactive ketones (excluding diaryl/α,β-unsaturated/α-hetero) is 1. The molecular formula is C34H59NO8. The lowest BCUT2D eigenvalue weighted by Gasteiger charge is -2.43. The van der Waals surface area contributed by atoms with E-state index in [2.05, 4.69) is 27.7 Å². The van der Waals surface area contributed by atoms with Crippen molar-refractivity contribution in [3.63, 3.8) is 0 Å². The van der Waals surface area contributed by atoms with E-state index in [1.54, 1.807) is 14.0 Å². The van der Waals surface area contributed by atoms with Crippen molar-refractivity contribution in [1.82, 2.24) is 4.90 Å². The maximum absolute atomic E-state index is 13.7. The van der Waals surface area contributed by atoms with Crippen LogP contribution in [0.1, 0.15) is 113 Å². The van der Waals surface area contributed by atoms with Crippen LogP contribution in [0.25, 0.3) is 0 Å². The summed E-state index contributed by atoms with van der Waals surface area (Å²) in [5.74, 6) is -4.29. The van der Waals surface area contributed by atoms with Crippen LogP contribution in [0.2, 0.25) is 0 Å². The number of esters is 1. The van der Waals surface area contributed by atoms with E-state index in [-0.39, 0.29) is 48.7 Å². The van der Waals surface area contributed by atoms with E-state index < -0.39 is 35.4 Å². The molecule has 0 aromatic rings. The highest BCUT2D eigenvalue weighted by Gasteiger charge is 2.53. The topological polar surface area (TPSA) is 112 Å². The van der Waals surface area contributed by atoms with Crippen molar-refractivity contribution in [3.8, 4) is 0 Å². The summed E-state index contributed by atoms with van der Waals surface area (Å²) in [5.41, 5.74) is 0. The number of methoxy groups -OCH3 is 1. The van der Waals surface area contributed by atoms with Gasteiger partial charge in [-0.2, -0.15) is 0 Å². The number of nitrogens with zero attached hydrogens (tertiary/aromatic N) is 1. The first kappa shape index (κ1) is 35.9. The quantitative estimate of drug-likeness (QED) is 0.221. The standard InChI is InChI=1S/C34H59NO8/c1-9-18-41-28-16-14-25(20-29(28)40-8)19-23(6)30(22(4)5)42-33(38)26-12-10-11-17-35(26)32(37)31(36)34(39)24(7)13-15-27(43-34)21(2)3/h21-30,39H,9-20H2,1-8H3/t23-,24-,25+,26+,27?,28-,29-,30+,34-/m1/s1. The number of carbonyl (C=O) groups excluding carboxylic acids is 3. The summed E-state index contributed by atoms with van der Waals surface area (Å²) in [6.45, 7) is 15.0. The van der Waals surface area contributed by atoms with E-state index in [0.717, 1.165) is 51.6 Å². The van der Waals surface area contributed by atoms with Crippen molar-refractivity contribution < 1.29 is 38.4 Å². The van der Waals surface area contributed by atoms with Crippen LogP contribution in [0.3, 0.4) is 0 Å². The smallest absolute Gasteiger partial charge is 0.329 e. The SMILES string of the molecule is CCCO[C@@H]1CC[C@@H](C[C@@H](C)[C@@H](OC(=O)[C@@H]2CCCCN2C(=O)C(=O)[C@]2(O)OC(C(C)C)CC[C@H]2C)C(C)C)C[C@H]1OC. The highest BCUT2D eigenvalue weighted by molar-refractivity contribution is 6.39. The first-order valence-corrected chi connectivity index (χ1v) is 16.9. The van der Waals surface area contributed by atoms with E-state index in [9.17, 15) is 19.5 Å². The van der Waals surface area contributed by atoms with E-state index in [1.807, 2.05) is 13.8 Å². The minimum Gasteiger partial charge on any atom is -0.460 e. The summed E-state index contributed by atoms with van der Waals surface area (Å²) >= 11 is 0. The molecule has 0 spiro atoms. The third-order valence-electron chi connectivity index (χ3n) is 10.0. The molecule has 3 fully saturated rings. The second-order valence-electron chi connectivity index (χ2n) is 14.1. The van der Waals surface area contributed by atoms with Crippen LogP contribution in [0.4, 0.5) is 0 Å². The Morgan fingerprint density at radius 3 is 2.35 bits per heavy atom. The Balaban J connectivity index is 1.67. The average Bonchev–Trinajstić information content (AvgIpc) is 2.99. The number of amides is 1. The molecule has 1 aliphatic carbocycles. The maximum atomic E-state index is 13.7. The third-order valence-corrected chi connectivity index (χ3v) is 10.0. The van der Waals surface area contributed by atoms with Crippen LogP contribution < -0.4 is 0 Å². The van der Waals surface area contributed by atoms with Gasteiger partial charge in [0, 0.05) is 26.2 Å². The number of hydrogen-bond acceptors (Lipinski definition) is 8. The Morgan fingerprint density at radius 1 is 1.00 bits per heavy atom. The lowest BCUT2D eigenvalue weighted by atomic mass is 9.78. The molecule has 0 bridgehead atoms. The van der Waals surface area contributed by atoms with Gasteiger partial charge in [-0.3, -0.25) is 9.59 Å². The van der Waals surface area contributed by atoms with Gasteiger partial charge < -0.3 is 29.0 Å². The van der Waals surface area contributed by atoms with Gasteiger partial charge in [-0.05, 0) is 87.9 Å². The number of rotatable bonds is 13. The molecule has 248 valence electrons. The van der Waals surface area contributed by atoms with Gasteiger partial charge in [-0.25, -0.2) is 4.79 Å². The molecule has 1 unspecified atom stereocenters. The third kappa shape index (κ3) is 8.80. The van der Waals surface area contributed by atoms with Crippen molar-refractivity contribution in [2.75, 3.05) is 20.3 Å². The molecule has 43 heavy (non-hydrogen) atoms. The van der Waals surface area contributed by atoms with Crippen molar-refractivity contribution in [3.05, 3.63) is 0 Å². The molecule has 3 rings (SSSR count). The summed E-state index contributed by atoms with van der Waals surface area (Å²) < 4.78 is 23.9. The van der Waals surface area contributed by atoms with E-state index in [4.69, 9.17) is 18.9 Å². The highest BCUT2D eigenvalue weighted by Crippen LogP contribution is 2.37. The first-order chi connectivity index (χ1) is 20.3. The number of ether oxygens (including phenoxy) is 4. The molecule has 2 saturated heterocycles. The average molecular weight is 610 g/mol. The molecule has 0 radical (unpaired) electrons. The Labute approximate surface area is 259 Å². The van der Waals surface area contributed by atoms with Gasteiger partial charge in [0.05, 0.1) is 18.3 Å². The van der Waals surface area contributed by atoms with Crippen molar-refractivity contribution in [1.29, 1.82) is 0 Å². The molecule has 9 nitrogen and oxygen atoms in total. The van der Waals surface area contributed by atoms with Gasteiger partial charge in [0.25, 0.3) is 11.7 Å². The van der Waals surface area contributed by atoms with Crippen molar-refractivity contribution in [2.24, 2.45) is 29.6 Å². The summed E-state index contributed by atoms with van der Waals surface area (Å²) in [6.07, 6.45) is 7.54. The van der Waals surface area contributed by atoms with Gasteiger partial charge in [0.15, 0.2) is 0 Å². The Bertz CT molecular complexity index is 924. The van der Waals surface area contributed by atoms with Gasteiger partial charge in [-0.1, -0.05) is 48.5 Å².